The number of rotatable bonds is 3. The molecule has 1 amide bonds. The molecule has 0 spiro atoms. The molecule has 1 aromatic carbocycles. The molecule has 0 aliphatic carbocycles. The third-order valence-corrected chi connectivity index (χ3v) is 5.03. The zero-order valence-electron chi connectivity index (χ0n) is 14.2. The number of nitrogens with zero attached hydrogens (tertiary/aromatic N) is 3. The number of halogens is 1. The standard InChI is InChI=1S/C19H18ClN3O3/c1-11-7-14(26-22-11)8-13-9-23(10-17(13)24)19(25)16-6-5-12-3-2-4-15(20)18(12)21-16/h2-7,13,17,24H,8-10H2,1H3/t13-,17-/m1/s1. The second kappa shape index (κ2) is 6.70. The van der Waals surface area contributed by atoms with Crippen LogP contribution in [0.2, 0.25) is 5.02 Å². The minimum atomic E-state index is -0.603. The molecule has 0 bridgehead atoms. The minimum Gasteiger partial charge on any atom is -0.391 e. The van der Waals surface area contributed by atoms with E-state index < -0.39 is 6.10 Å². The maximum atomic E-state index is 12.8. The molecule has 2 atom stereocenters. The van der Waals surface area contributed by atoms with Gasteiger partial charge in [0.15, 0.2) is 0 Å². The topological polar surface area (TPSA) is 79.5 Å². The van der Waals surface area contributed by atoms with Crippen molar-refractivity contribution >= 4 is 28.4 Å². The van der Waals surface area contributed by atoms with Crippen molar-refractivity contribution in [1.29, 1.82) is 0 Å². The Morgan fingerprint density at radius 1 is 1.35 bits per heavy atom. The highest BCUT2D eigenvalue weighted by Gasteiger charge is 2.35. The summed E-state index contributed by atoms with van der Waals surface area (Å²) >= 11 is 6.19. The maximum Gasteiger partial charge on any atom is 0.272 e. The molecule has 0 saturated carbocycles. The SMILES string of the molecule is Cc1cc(C[C@@H]2CN(C(=O)c3ccc4cccc(Cl)c4n3)C[C@H]2O)on1. The van der Waals surface area contributed by atoms with Gasteiger partial charge in [0.05, 0.1) is 22.3 Å². The van der Waals surface area contributed by atoms with Gasteiger partial charge < -0.3 is 14.5 Å². The van der Waals surface area contributed by atoms with Crippen LogP contribution in [0.1, 0.15) is 21.9 Å². The molecule has 1 saturated heterocycles. The first-order chi connectivity index (χ1) is 12.5. The van der Waals surface area contributed by atoms with Crippen molar-refractivity contribution in [1.82, 2.24) is 15.0 Å². The Labute approximate surface area is 155 Å². The number of amides is 1. The predicted octanol–water partition coefficient (Wildman–Crippen LogP) is 2.86. The van der Waals surface area contributed by atoms with Crippen molar-refractivity contribution in [3.63, 3.8) is 0 Å². The number of fused-ring (bicyclic) bond motifs is 1. The Bertz CT molecular complexity index is 972. The zero-order chi connectivity index (χ0) is 18.3. The van der Waals surface area contributed by atoms with E-state index in [1.165, 1.54) is 0 Å². The lowest BCUT2D eigenvalue weighted by atomic mass is 10.0. The van der Waals surface area contributed by atoms with Gasteiger partial charge in [-0.3, -0.25) is 4.79 Å². The summed E-state index contributed by atoms with van der Waals surface area (Å²) in [7, 11) is 0. The lowest BCUT2D eigenvalue weighted by Crippen LogP contribution is -2.30. The van der Waals surface area contributed by atoms with E-state index in [0.717, 1.165) is 16.8 Å². The molecule has 6 nitrogen and oxygen atoms in total. The lowest BCUT2D eigenvalue weighted by Gasteiger charge is -2.15. The Morgan fingerprint density at radius 3 is 2.96 bits per heavy atom. The number of hydrogen-bond donors (Lipinski definition) is 1. The zero-order valence-corrected chi connectivity index (χ0v) is 15.0. The van der Waals surface area contributed by atoms with Crippen molar-refractivity contribution in [2.24, 2.45) is 5.92 Å². The third kappa shape index (κ3) is 3.18. The average molecular weight is 372 g/mol. The fourth-order valence-electron chi connectivity index (χ4n) is 3.38. The van der Waals surface area contributed by atoms with Crippen molar-refractivity contribution in [2.75, 3.05) is 13.1 Å². The molecular formula is C19H18ClN3O3. The molecule has 1 aliphatic rings. The first-order valence-electron chi connectivity index (χ1n) is 8.46. The number of hydrogen-bond acceptors (Lipinski definition) is 5. The van der Waals surface area contributed by atoms with Crippen LogP contribution in [0.15, 0.2) is 40.9 Å². The molecule has 134 valence electrons. The Kier molecular flexibility index (Phi) is 4.38. The van der Waals surface area contributed by atoms with Crippen LogP contribution < -0.4 is 0 Å². The number of carbonyl (C=O) groups is 1. The van der Waals surface area contributed by atoms with Crippen LogP contribution in [0.25, 0.3) is 10.9 Å². The Morgan fingerprint density at radius 2 is 2.19 bits per heavy atom. The van der Waals surface area contributed by atoms with Crippen molar-refractivity contribution in [3.8, 4) is 0 Å². The van der Waals surface area contributed by atoms with Gasteiger partial charge in [-0.15, -0.1) is 0 Å². The van der Waals surface area contributed by atoms with Gasteiger partial charge >= 0.3 is 0 Å². The highest BCUT2D eigenvalue weighted by atomic mass is 35.5. The second-order valence-corrected chi connectivity index (χ2v) is 7.09. The number of para-hydroxylation sites is 1. The summed E-state index contributed by atoms with van der Waals surface area (Å²) in [5.74, 6) is 0.425. The van der Waals surface area contributed by atoms with E-state index >= 15 is 0 Å². The first kappa shape index (κ1) is 17.0. The number of β-amino-alcohol motifs (C(OH)–C–C–N with tert-alkyl or cyclic N) is 1. The molecule has 0 radical (unpaired) electrons. The summed E-state index contributed by atoms with van der Waals surface area (Å²) in [4.78, 5) is 18.9. The van der Waals surface area contributed by atoms with Crippen LogP contribution in [-0.2, 0) is 6.42 Å². The van der Waals surface area contributed by atoms with Gasteiger partial charge in [-0.05, 0) is 19.1 Å². The van der Waals surface area contributed by atoms with Crippen LogP contribution in [0, 0.1) is 12.8 Å². The number of carbonyl (C=O) groups excluding carboxylic acids is 1. The van der Waals surface area contributed by atoms with Crippen LogP contribution in [0.5, 0.6) is 0 Å². The molecule has 26 heavy (non-hydrogen) atoms. The van der Waals surface area contributed by atoms with Crippen molar-refractivity contribution in [3.05, 3.63) is 58.6 Å². The van der Waals surface area contributed by atoms with Gasteiger partial charge in [-0.25, -0.2) is 4.98 Å². The van der Waals surface area contributed by atoms with E-state index in [9.17, 15) is 9.90 Å². The molecule has 7 heteroatoms. The van der Waals surface area contributed by atoms with Crippen molar-refractivity contribution in [2.45, 2.75) is 19.4 Å². The number of aliphatic hydroxyl groups excluding tert-OH is 1. The van der Waals surface area contributed by atoms with Crippen LogP contribution in [0.4, 0.5) is 0 Å². The summed E-state index contributed by atoms with van der Waals surface area (Å²) in [6.07, 6.45) is -0.0589. The fourth-order valence-corrected chi connectivity index (χ4v) is 3.61. The second-order valence-electron chi connectivity index (χ2n) is 6.68. The Hall–Kier alpha value is -2.44. The third-order valence-electron chi connectivity index (χ3n) is 4.72. The van der Waals surface area contributed by atoms with Crippen LogP contribution >= 0.6 is 11.6 Å². The summed E-state index contributed by atoms with van der Waals surface area (Å²) in [6.45, 7) is 2.57. The number of aliphatic hydroxyl groups is 1. The normalized spacial score (nSPS) is 20.0. The lowest BCUT2D eigenvalue weighted by molar-refractivity contribution is 0.0759. The van der Waals surface area contributed by atoms with Crippen LogP contribution in [-0.4, -0.2) is 45.2 Å². The van der Waals surface area contributed by atoms with E-state index in [-0.39, 0.29) is 18.4 Å². The number of pyridine rings is 1. The van der Waals surface area contributed by atoms with E-state index in [1.807, 2.05) is 31.2 Å². The smallest absolute Gasteiger partial charge is 0.272 e. The number of aryl methyl sites for hydroxylation is 1. The van der Waals surface area contributed by atoms with Gasteiger partial charge in [0.2, 0.25) is 0 Å². The molecule has 3 aromatic rings. The average Bonchev–Trinajstić information content (AvgIpc) is 3.20. The summed E-state index contributed by atoms with van der Waals surface area (Å²) in [5.41, 5.74) is 1.74. The number of aromatic nitrogens is 2. The molecule has 1 aliphatic heterocycles. The molecule has 3 heterocycles. The molecule has 0 unspecified atom stereocenters. The first-order valence-corrected chi connectivity index (χ1v) is 8.84. The minimum absolute atomic E-state index is 0.0876. The molecular weight excluding hydrogens is 354 g/mol. The summed E-state index contributed by atoms with van der Waals surface area (Å²) in [5, 5.41) is 15.6. The maximum absolute atomic E-state index is 12.8. The van der Waals surface area contributed by atoms with Gasteiger partial charge in [0, 0.05) is 36.9 Å². The summed E-state index contributed by atoms with van der Waals surface area (Å²) < 4.78 is 5.22. The Balaban J connectivity index is 1.52. The van der Waals surface area contributed by atoms with E-state index in [0.29, 0.717) is 29.2 Å². The van der Waals surface area contributed by atoms with Crippen molar-refractivity contribution < 1.29 is 14.4 Å². The van der Waals surface area contributed by atoms with Gasteiger partial charge in [-0.2, -0.15) is 0 Å². The van der Waals surface area contributed by atoms with E-state index in [2.05, 4.69) is 10.1 Å². The number of benzene rings is 1. The highest BCUT2D eigenvalue weighted by molar-refractivity contribution is 6.35. The van der Waals surface area contributed by atoms with E-state index in [4.69, 9.17) is 16.1 Å². The molecule has 1 fully saturated rings. The predicted molar refractivity (Wildman–Crippen MR) is 97.1 cm³/mol. The molecule has 4 rings (SSSR count). The van der Waals surface area contributed by atoms with Crippen LogP contribution in [0.3, 0.4) is 0 Å². The molecule has 2 aromatic heterocycles. The fraction of sp³-hybridized carbons (Fsp3) is 0.316. The van der Waals surface area contributed by atoms with E-state index in [1.54, 1.807) is 17.0 Å². The summed E-state index contributed by atoms with van der Waals surface area (Å²) in [6, 6.07) is 10.9. The van der Waals surface area contributed by atoms with Gasteiger partial charge in [-0.1, -0.05) is 35.0 Å². The highest BCUT2D eigenvalue weighted by Crippen LogP contribution is 2.25. The van der Waals surface area contributed by atoms with Gasteiger partial charge in [0.1, 0.15) is 11.5 Å². The number of likely N-dealkylation sites (tertiary alicyclic amines) is 1. The monoisotopic (exact) mass is 371 g/mol. The largest absolute Gasteiger partial charge is 0.391 e. The van der Waals surface area contributed by atoms with Gasteiger partial charge in [0.25, 0.3) is 5.91 Å². The molecule has 1 N–H and O–H groups in total. The quantitative estimate of drug-likeness (QED) is 0.765.